The molecule has 0 N–H and O–H groups in total. The van der Waals surface area contributed by atoms with Crippen molar-refractivity contribution < 1.29 is 33.1 Å². The normalized spacial score (nSPS) is 13.0. The first-order valence-electron chi connectivity index (χ1n) is 20.2. The zero-order chi connectivity index (χ0) is 41.2. The largest absolute Gasteiger partial charge is 0.522 e. The van der Waals surface area contributed by atoms with Crippen LogP contribution in [0.3, 0.4) is 0 Å². The van der Waals surface area contributed by atoms with Gasteiger partial charge in [-0.2, -0.15) is 18.2 Å². The summed E-state index contributed by atoms with van der Waals surface area (Å²) < 4.78 is 30.4. The summed E-state index contributed by atoms with van der Waals surface area (Å²) >= 11 is 0. The summed E-state index contributed by atoms with van der Waals surface area (Å²) in [7, 11) is 0. The Hall–Kier alpha value is -5.32. The molecular weight excluding hydrogens is 882 g/mol. The van der Waals surface area contributed by atoms with Crippen LogP contribution < -0.4 is 9.30 Å². The van der Waals surface area contributed by atoms with Crippen molar-refractivity contribution in [1.82, 2.24) is 19.1 Å². The van der Waals surface area contributed by atoms with Crippen molar-refractivity contribution in [2.45, 2.75) is 79.5 Å². The Morgan fingerprint density at radius 1 is 0.702 bits per heavy atom. The number of imidazole rings is 1. The minimum atomic E-state index is -1.58. The molecule has 0 aliphatic carbocycles. The van der Waals surface area contributed by atoms with Crippen LogP contribution in [0, 0.1) is 23.9 Å². The average molecular weight is 933 g/mol. The first-order chi connectivity index (χ1) is 27.4. The summed E-state index contributed by atoms with van der Waals surface area (Å²) in [4.78, 5) is 9.45. The van der Waals surface area contributed by atoms with Crippen molar-refractivity contribution in [1.29, 1.82) is 0 Å². The van der Waals surface area contributed by atoms with Gasteiger partial charge in [-0.1, -0.05) is 129 Å². The first kappa shape index (κ1) is 37.3. The number of hydrogen-bond acceptors (Lipinski definition) is 3. The van der Waals surface area contributed by atoms with Gasteiger partial charge in [0.15, 0.2) is 0 Å². The molecule has 0 saturated heterocycles. The number of para-hydroxylation sites is 1. The summed E-state index contributed by atoms with van der Waals surface area (Å²) in [6, 6.07) is 41.6. The number of hydrogen-bond donors (Lipinski definition) is 0. The van der Waals surface area contributed by atoms with E-state index in [2.05, 4.69) is 101 Å². The predicted octanol–water partition coefficient (Wildman–Crippen LogP) is 11.7. The number of aromatic nitrogens is 5. The number of rotatable bonds is 7. The van der Waals surface area contributed by atoms with E-state index in [1.807, 2.05) is 90.7 Å². The zero-order valence-electron chi connectivity index (χ0n) is 36.0. The molecule has 4 aromatic carbocycles. The molecule has 0 fully saturated rings. The van der Waals surface area contributed by atoms with E-state index in [0.29, 0.717) is 28.7 Å². The second kappa shape index (κ2) is 15.2. The second-order valence-corrected chi connectivity index (χ2v) is 17.5. The molecule has 0 bridgehead atoms. The monoisotopic (exact) mass is 932 g/mol. The molecule has 0 amide bonds. The Bertz CT molecular complexity index is 2770. The molecule has 6 nitrogen and oxygen atoms in total. The maximum atomic E-state index is 8.96. The smallest absolute Gasteiger partial charge is 0.269 e. The fraction of sp³-hybridized carbons (Fsp3) is 0.260. The molecule has 7 heteroatoms. The summed E-state index contributed by atoms with van der Waals surface area (Å²) in [6.45, 7) is 19.2. The van der Waals surface area contributed by atoms with Crippen LogP contribution in [0.4, 0.5) is 0 Å². The van der Waals surface area contributed by atoms with E-state index in [9.17, 15) is 0 Å². The van der Waals surface area contributed by atoms with Crippen molar-refractivity contribution in [2.24, 2.45) is 5.41 Å². The molecule has 0 radical (unpaired) electrons. The van der Waals surface area contributed by atoms with Crippen molar-refractivity contribution in [3.63, 3.8) is 0 Å². The third kappa shape index (κ3) is 8.38. The maximum Gasteiger partial charge on any atom is 0.269 e. The minimum Gasteiger partial charge on any atom is -0.522 e. The first-order valence-corrected chi connectivity index (χ1v) is 19.2. The van der Waals surface area contributed by atoms with E-state index in [1.165, 1.54) is 11.1 Å². The summed E-state index contributed by atoms with van der Waals surface area (Å²) in [5, 5.41) is 2.02. The van der Waals surface area contributed by atoms with Gasteiger partial charge in [0.2, 0.25) is 0 Å². The Morgan fingerprint density at radius 2 is 1.37 bits per heavy atom. The third-order valence-corrected chi connectivity index (χ3v) is 9.83. The molecule has 0 spiro atoms. The van der Waals surface area contributed by atoms with E-state index in [-0.39, 0.29) is 31.9 Å². The van der Waals surface area contributed by atoms with Crippen LogP contribution >= 0.6 is 0 Å². The van der Waals surface area contributed by atoms with Crippen LogP contribution in [0.25, 0.3) is 50.4 Å². The van der Waals surface area contributed by atoms with Crippen LogP contribution in [-0.2, 0) is 38.3 Å². The van der Waals surface area contributed by atoms with Gasteiger partial charge in [-0.05, 0) is 86.3 Å². The summed E-state index contributed by atoms with van der Waals surface area (Å²) in [6.07, 6.45) is 7.44. The molecule has 4 heterocycles. The average Bonchev–Trinajstić information content (AvgIpc) is 3.77. The van der Waals surface area contributed by atoms with Gasteiger partial charge in [0.25, 0.3) is 6.33 Å². The maximum absolute atomic E-state index is 8.96. The van der Waals surface area contributed by atoms with E-state index in [0.717, 1.165) is 38.8 Å². The quantitative estimate of drug-likeness (QED) is 0.118. The van der Waals surface area contributed by atoms with Gasteiger partial charge in [-0.25, -0.2) is 4.98 Å². The van der Waals surface area contributed by atoms with Crippen molar-refractivity contribution in [2.75, 3.05) is 0 Å². The van der Waals surface area contributed by atoms with Crippen molar-refractivity contribution >= 4 is 21.8 Å². The Labute approximate surface area is 354 Å². The molecule has 57 heavy (non-hydrogen) atoms. The number of fused-ring (bicyclic) bond motifs is 3. The zero-order valence-corrected chi connectivity index (χ0v) is 36.3. The molecule has 292 valence electrons. The number of pyridine rings is 2. The van der Waals surface area contributed by atoms with E-state index in [1.54, 1.807) is 24.5 Å². The van der Waals surface area contributed by atoms with Gasteiger partial charge < -0.3 is 9.30 Å². The topological polar surface area (TPSA) is 48.8 Å². The summed E-state index contributed by atoms with van der Waals surface area (Å²) in [5.74, 6) is 2.11. The molecule has 4 aromatic heterocycles. The van der Waals surface area contributed by atoms with Gasteiger partial charge in [-0.3, -0.25) is 14.1 Å². The van der Waals surface area contributed by atoms with Gasteiger partial charge in [0.1, 0.15) is 5.82 Å². The second-order valence-electron chi connectivity index (χ2n) is 17.5. The van der Waals surface area contributed by atoms with Crippen molar-refractivity contribution in [3.05, 3.63) is 157 Å². The number of benzene rings is 4. The standard InChI is InChI=1S/C50H49N5O.Pt/c1-48(2,3)31-34-21-23-52-47(25-34)55-43-18-14-13-17-41(43)42-20-19-39(29-44(42)55)56-40-22-24-51-46(30-40)53-32-45(35-15-11-10-12-16-35)54(33-53)38-27-36(49(4,5)6)26-37(28-38)50(7,8)9;/h10-28,32H,31H2,1-9H3;/q-2;/i31D2;. The Kier molecular flexibility index (Phi) is 9.94. The SMILES string of the molecule is [2H]C([2H])(c1ccnc(-n2c3[c-]c(Oc4[c-]c(-n5[c-][n+](-c6cc(C(C)(C)C)cc(C(C)(C)C)c6)c(-c6ccccc6)c5)ncc4)ccc3c3ccccc32)c1)C(C)(C)C.[Pt]. The van der Waals surface area contributed by atoms with Crippen molar-refractivity contribution in [3.8, 4) is 40.1 Å². The van der Waals surface area contributed by atoms with Crippen LogP contribution in [0.2, 0.25) is 0 Å². The van der Waals surface area contributed by atoms with Gasteiger partial charge >= 0.3 is 0 Å². The van der Waals surface area contributed by atoms with Crippen LogP contribution in [0.15, 0.2) is 122 Å². The molecule has 0 saturated carbocycles. The molecule has 8 aromatic rings. The molecule has 0 aliphatic heterocycles. The fourth-order valence-electron chi connectivity index (χ4n) is 6.98. The van der Waals surface area contributed by atoms with Crippen LogP contribution in [-0.4, -0.2) is 19.1 Å². The molecule has 0 unspecified atom stereocenters. The minimum absolute atomic E-state index is 0. The van der Waals surface area contributed by atoms with E-state index < -0.39 is 11.8 Å². The fourth-order valence-corrected chi connectivity index (χ4v) is 6.98. The predicted molar refractivity (Wildman–Crippen MR) is 226 cm³/mol. The Morgan fingerprint density at radius 3 is 2.07 bits per heavy atom. The van der Waals surface area contributed by atoms with Crippen LogP contribution in [0.1, 0.15) is 81.7 Å². The van der Waals surface area contributed by atoms with Gasteiger partial charge in [0, 0.05) is 47.5 Å². The molecule has 8 rings (SSSR count). The Balaban J connectivity index is 0.00000528. The molecular formula is C50H49N5OPt-2. The number of nitrogens with zero attached hydrogens (tertiary/aromatic N) is 5. The van der Waals surface area contributed by atoms with Crippen LogP contribution in [0.5, 0.6) is 11.5 Å². The van der Waals surface area contributed by atoms with E-state index >= 15 is 0 Å². The number of ether oxygens (including phenoxy) is 1. The molecule has 0 aliphatic rings. The van der Waals surface area contributed by atoms with Gasteiger partial charge in [-0.15, -0.1) is 17.5 Å². The third-order valence-electron chi connectivity index (χ3n) is 9.83. The molecule has 0 atom stereocenters. The van der Waals surface area contributed by atoms with Gasteiger partial charge in [0.05, 0.1) is 17.2 Å². The van der Waals surface area contributed by atoms with E-state index in [4.69, 9.17) is 17.4 Å². The summed E-state index contributed by atoms with van der Waals surface area (Å²) in [5.41, 5.74) is 7.11.